The Bertz CT molecular complexity index is 829. The lowest BCUT2D eigenvalue weighted by Crippen LogP contribution is -2.54. The molecule has 0 unspecified atom stereocenters. The van der Waals surface area contributed by atoms with E-state index in [4.69, 9.17) is 9.47 Å². The highest BCUT2D eigenvalue weighted by atomic mass is 16.6. The molecule has 0 spiro atoms. The number of methoxy groups -OCH3 is 1. The van der Waals surface area contributed by atoms with Crippen molar-refractivity contribution in [3.05, 3.63) is 24.3 Å². The molecule has 0 atom stereocenters. The van der Waals surface area contributed by atoms with Crippen LogP contribution in [0.1, 0.15) is 33.6 Å². The van der Waals surface area contributed by atoms with Crippen LogP contribution in [0.5, 0.6) is 0 Å². The molecule has 168 valence electrons. The summed E-state index contributed by atoms with van der Waals surface area (Å²) in [5.41, 5.74) is 3.47. The normalized spacial score (nSPS) is 23.8. The average molecular weight is 430 g/mol. The van der Waals surface area contributed by atoms with Gasteiger partial charge in [-0.3, -0.25) is 10.2 Å². The summed E-state index contributed by atoms with van der Waals surface area (Å²) in [4.78, 5) is 25.8. The van der Waals surface area contributed by atoms with Gasteiger partial charge in [0, 0.05) is 37.6 Å². The average Bonchev–Trinajstić information content (AvgIpc) is 2.69. The summed E-state index contributed by atoms with van der Waals surface area (Å²) in [6, 6.07) is 10.2. The van der Waals surface area contributed by atoms with E-state index in [1.807, 2.05) is 50.0 Å². The Morgan fingerprint density at radius 2 is 1.74 bits per heavy atom. The van der Waals surface area contributed by atoms with Crippen LogP contribution in [0, 0.1) is 17.2 Å². The number of esters is 1. The highest BCUT2D eigenvalue weighted by molar-refractivity contribution is 5.75. The number of carbonyl (C=O) groups is 2. The molecule has 1 amide bonds. The topological polar surface area (TPSA) is 107 Å². The quantitative estimate of drug-likeness (QED) is 0.688. The van der Waals surface area contributed by atoms with Crippen LogP contribution in [0.4, 0.5) is 16.2 Å². The van der Waals surface area contributed by atoms with Gasteiger partial charge in [0.2, 0.25) is 0 Å². The molecule has 1 saturated carbocycles. The van der Waals surface area contributed by atoms with E-state index in [0.29, 0.717) is 25.9 Å². The van der Waals surface area contributed by atoms with Crippen LogP contribution < -0.4 is 15.6 Å². The molecule has 0 aromatic heterocycles. The first kappa shape index (κ1) is 22.7. The van der Waals surface area contributed by atoms with Crippen LogP contribution in [0.2, 0.25) is 0 Å². The maximum Gasteiger partial charge on any atom is 0.422 e. The Morgan fingerprint density at radius 3 is 2.26 bits per heavy atom. The standard InChI is InChI=1S/C22H31N5O4/c1-21(2,3)31-20(29)25-27-11-9-26(10-12-27)18-7-5-17(6-8-18)24-22(15-23)13-16(14-22)19(28)30-4/h5-8,16,24H,9-14H2,1-4H3,(H,25,29). The van der Waals surface area contributed by atoms with Gasteiger partial charge in [-0.25, -0.2) is 9.80 Å². The van der Waals surface area contributed by atoms with Crippen molar-refractivity contribution in [2.45, 2.75) is 44.8 Å². The van der Waals surface area contributed by atoms with E-state index in [0.717, 1.165) is 24.5 Å². The van der Waals surface area contributed by atoms with Crippen molar-refractivity contribution < 1.29 is 19.1 Å². The zero-order chi connectivity index (χ0) is 22.6. The smallest absolute Gasteiger partial charge is 0.422 e. The molecule has 1 aromatic carbocycles. The van der Waals surface area contributed by atoms with Gasteiger partial charge in [0.15, 0.2) is 0 Å². The third-order valence-electron chi connectivity index (χ3n) is 5.48. The van der Waals surface area contributed by atoms with Crippen LogP contribution in [-0.2, 0) is 14.3 Å². The van der Waals surface area contributed by atoms with Crippen molar-refractivity contribution in [1.29, 1.82) is 5.26 Å². The van der Waals surface area contributed by atoms with E-state index in [9.17, 15) is 14.9 Å². The predicted octanol–water partition coefficient (Wildman–Crippen LogP) is 2.51. The first-order valence-corrected chi connectivity index (χ1v) is 10.5. The summed E-state index contributed by atoms with van der Waals surface area (Å²) in [6.07, 6.45) is 0.461. The van der Waals surface area contributed by atoms with Crippen molar-refractivity contribution in [3.8, 4) is 6.07 Å². The lowest BCUT2D eigenvalue weighted by atomic mass is 9.69. The molecule has 1 heterocycles. The summed E-state index contributed by atoms with van der Waals surface area (Å²) >= 11 is 0. The monoisotopic (exact) mass is 429 g/mol. The van der Waals surface area contributed by atoms with Crippen molar-refractivity contribution >= 4 is 23.4 Å². The van der Waals surface area contributed by atoms with Gasteiger partial charge in [0.1, 0.15) is 11.1 Å². The van der Waals surface area contributed by atoms with Gasteiger partial charge >= 0.3 is 12.1 Å². The molecule has 9 heteroatoms. The van der Waals surface area contributed by atoms with Gasteiger partial charge in [0.05, 0.1) is 19.1 Å². The molecule has 31 heavy (non-hydrogen) atoms. The number of hydrazine groups is 1. The number of carbonyl (C=O) groups excluding carboxylic acids is 2. The Kier molecular flexibility index (Phi) is 6.60. The lowest BCUT2D eigenvalue weighted by molar-refractivity contribution is -0.149. The number of benzene rings is 1. The molecular weight excluding hydrogens is 398 g/mol. The Morgan fingerprint density at radius 1 is 1.13 bits per heavy atom. The van der Waals surface area contributed by atoms with Gasteiger partial charge in [-0.2, -0.15) is 5.26 Å². The zero-order valence-electron chi connectivity index (χ0n) is 18.6. The second kappa shape index (κ2) is 9.02. The van der Waals surface area contributed by atoms with E-state index < -0.39 is 17.2 Å². The first-order chi connectivity index (χ1) is 14.6. The fourth-order valence-electron chi connectivity index (χ4n) is 3.87. The molecule has 1 saturated heterocycles. The summed E-state index contributed by atoms with van der Waals surface area (Å²) < 4.78 is 10.1. The van der Waals surface area contributed by atoms with Gasteiger partial charge in [-0.1, -0.05) is 0 Å². The Labute approximate surface area is 183 Å². The minimum absolute atomic E-state index is 0.220. The van der Waals surface area contributed by atoms with Crippen molar-refractivity contribution in [3.63, 3.8) is 0 Å². The minimum atomic E-state index is -0.723. The van der Waals surface area contributed by atoms with E-state index in [1.54, 1.807) is 0 Å². The van der Waals surface area contributed by atoms with Gasteiger partial charge < -0.3 is 19.7 Å². The number of piperazine rings is 1. The molecule has 2 aliphatic rings. The highest BCUT2D eigenvalue weighted by Crippen LogP contribution is 2.40. The molecule has 9 nitrogen and oxygen atoms in total. The molecule has 3 rings (SSSR count). The summed E-state index contributed by atoms with van der Waals surface area (Å²) in [6.45, 7) is 8.42. The van der Waals surface area contributed by atoms with Crippen LogP contribution in [0.15, 0.2) is 24.3 Å². The first-order valence-electron chi connectivity index (χ1n) is 10.5. The highest BCUT2D eigenvalue weighted by Gasteiger charge is 2.48. The number of nitrogens with one attached hydrogen (secondary N) is 2. The lowest BCUT2D eigenvalue weighted by Gasteiger charge is -2.42. The molecule has 0 bridgehead atoms. The van der Waals surface area contributed by atoms with Gasteiger partial charge in [-0.15, -0.1) is 0 Å². The number of rotatable bonds is 5. The van der Waals surface area contributed by atoms with Crippen molar-refractivity contribution in [2.24, 2.45) is 5.92 Å². The molecule has 1 aliphatic heterocycles. The third kappa shape index (κ3) is 5.79. The number of ether oxygens (including phenoxy) is 2. The van der Waals surface area contributed by atoms with Crippen LogP contribution >= 0.6 is 0 Å². The predicted molar refractivity (Wildman–Crippen MR) is 116 cm³/mol. The van der Waals surface area contributed by atoms with E-state index in [1.165, 1.54) is 7.11 Å². The van der Waals surface area contributed by atoms with Crippen LogP contribution in [0.25, 0.3) is 0 Å². The number of nitrogens with zero attached hydrogens (tertiary/aromatic N) is 3. The molecule has 2 fully saturated rings. The maximum atomic E-state index is 11.9. The second-order valence-electron chi connectivity index (χ2n) is 9.08. The summed E-state index contributed by atoms with van der Waals surface area (Å²) in [7, 11) is 1.37. The summed E-state index contributed by atoms with van der Waals surface area (Å²) in [5, 5.41) is 14.7. The number of nitriles is 1. The van der Waals surface area contributed by atoms with Gasteiger partial charge in [-0.05, 0) is 57.9 Å². The molecule has 2 N–H and O–H groups in total. The summed E-state index contributed by atoms with van der Waals surface area (Å²) in [5.74, 6) is -0.481. The molecule has 0 radical (unpaired) electrons. The Balaban J connectivity index is 1.49. The molecular formula is C22H31N5O4. The van der Waals surface area contributed by atoms with Crippen LogP contribution in [0.3, 0.4) is 0 Å². The number of hydrogen-bond acceptors (Lipinski definition) is 8. The Hall–Kier alpha value is -2.99. The van der Waals surface area contributed by atoms with Crippen LogP contribution in [-0.4, -0.2) is 61.5 Å². The van der Waals surface area contributed by atoms with Crippen molar-refractivity contribution in [2.75, 3.05) is 43.5 Å². The fourth-order valence-corrected chi connectivity index (χ4v) is 3.87. The third-order valence-corrected chi connectivity index (χ3v) is 5.48. The molecule has 1 aliphatic carbocycles. The van der Waals surface area contributed by atoms with Crippen molar-refractivity contribution in [1.82, 2.24) is 10.4 Å². The number of amides is 1. The largest absolute Gasteiger partial charge is 0.469 e. The number of anilines is 2. The fraction of sp³-hybridized carbons (Fsp3) is 0.591. The van der Waals surface area contributed by atoms with E-state index >= 15 is 0 Å². The maximum absolute atomic E-state index is 11.9. The van der Waals surface area contributed by atoms with Gasteiger partial charge in [0.25, 0.3) is 0 Å². The van der Waals surface area contributed by atoms with E-state index in [-0.39, 0.29) is 11.9 Å². The molecule has 1 aromatic rings. The SMILES string of the molecule is COC(=O)C1CC(C#N)(Nc2ccc(N3CCN(NC(=O)OC(C)(C)C)CC3)cc2)C1. The minimum Gasteiger partial charge on any atom is -0.469 e. The zero-order valence-corrected chi connectivity index (χ0v) is 18.6. The second-order valence-corrected chi connectivity index (χ2v) is 9.08. The van der Waals surface area contributed by atoms with E-state index in [2.05, 4.69) is 21.7 Å². The number of hydrogen-bond donors (Lipinski definition) is 2.